The van der Waals surface area contributed by atoms with Gasteiger partial charge in [-0.3, -0.25) is 0 Å². The number of oxime groups is 1. The predicted octanol–water partition coefficient (Wildman–Crippen LogP) is 4.10. The van der Waals surface area contributed by atoms with Crippen LogP contribution in [0.1, 0.15) is 5.56 Å². The van der Waals surface area contributed by atoms with Crippen molar-refractivity contribution in [3.8, 4) is 11.1 Å². The summed E-state index contributed by atoms with van der Waals surface area (Å²) in [5, 5.41) is 7.66. The van der Waals surface area contributed by atoms with Gasteiger partial charge >= 0.3 is 0 Å². The van der Waals surface area contributed by atoms with E-state index < -0.39 is 0 Å². The van der Waals surface area contributed by atoms with Crippen LogP contribution in [0.2, 0.25) is 5.02 Å². The standard InChI is InChI=1S/C18H16ClN5O/c1-25-23-10-16-17(20)21-11-22-18(16)24-15-8-4-13(5-9-15)12-2-6-14(19)7-3-12/h2-11H,1H3,(H3,20,21,22,24). The molecule has 25 heavy (non-hydrogen) atoms. The quantitative estimate of drug-likeness (QED) is 0.532. The SMILES string of the molecule is CON=Cc1c(N)ncnc1Nc1ccc(-c2ccc(Cl)cc2)cc1. The van der Waals surface area contributed by atoms with Gasteiger partial charge in [-0.05, 0) is 35.4 Å². The second kappa shape index (κ2) is 7.63. The van der Waals surface area contributed by atoms with Gasteiger partial charge in [0.1, 0.15) is 25.1 Å². The van der Waals surface area contributed by atoms with Gasteiger partial charge in [-0.1, -0.05) is 41.0 Å². The molecule has 0 radical (unpaired) electrons. The molecule has 3 rings (SSSR count). The van der Waals surface area contributed by atoms with Gasteiger partial charge in [0.25, 0.3) is 0 Å². The molecule has 1 heterocycles. The van der Waals surface area contributed by atoms with E-state index in [9.17, 15) is 0 Å². The summed E-state index contributed by atoms with van der Waals surface area (Å²) in [6.45, 7) is 0. The summed E-state index contributed by atoms with van der Waals surface area (Å²) < 4.78 is 0. The highest BCUT2D eigenvalue weighted by atomic mass is 35.5. The highest BCUT2D eigenvalue weighted by molar-refractivity contribution is 6.30. The summed E-state index contributed by atoms with van der Waals surface area (Å²) in [4.78, 5) is 12.9. The molecule has 0 spiro atoms. The number of nitrogens with zero attached hydrogens (tertiary/aromatic N) is 3. The molecule has 0 fully saturated rings. The molecule has 0 saturated heterocycles. The van der Waals surface area contributed by atoms with Gasteiger partial charge < -0.3 is 15.9 Å². The number of aromatic nitrogens is 2. The smallest absolute Gasteiger partial charge is 0.144 e. The Balaban J connectivity index is 1.83. The van der Waals surface area contributed by atoms with Crippen molar-refractivity contribution in [2.24, 2.45) is 5.16 Å². The highest BCUT2D eigenvalue weighted by Gasteiger charge is 2.08. The normalized spacial score (nSPS) is 10.8. The first-order valence-electron chi connectivity index (χ1n) is 7.47. The third-order valence-electron chi connectivity index (χ3n) is 3.53. The summed E-state index contributed by atoms with van der Waals surface area (Å²) >= 11 is 5.93. The first kappa shape index (κ1) is 16.7. The Morgan fingerprint density at radius 1 is 1.04 bits per heavy atom. The number of nitrogens with one attached hydrogen (secondary N) is 1. The number of nitrogens with two attached hydrogens (primary N) is 1. The first-order valence-corrected chi connectivity index (χ1v) is 7.85. The van der Waals surface area contributed by atoms with Crippen molar-refractivity contribution in [3.63, 3.8) is 0 Å². The van der Waals surface area contributed by atoms with E-state index in [1.54, 1.807) is 0 Å². The minimum atomic E-state index is 0.316. The molecule has 0 bridgehead atoms. The fraction of sp³-hybridized carbons (Fsp3) is 0.0556. The van der Waals surface area contributed by atoms with Crippen LogP contribution < -0.4 is 11.1 Å². The summed E-state index contributed by atoms with van der Waals surface area (Å²) in [5.74, 6) is 0.864. The van der Waals surface area contributed by atoms with Gasteiger partial charge in [-0.15, -0.1) is 0 Å². The summed E-state index contributed by atoms with van der Waals surface area (Å²) in [6.07, 6.45) is 2.86. The van der Waals surface area contributed by atoms with Gasteiger partial charge in [0.2, 0.25) is 0 Å². The lowest BCUT2D eigenvalue weighted by molar-refractivity contribution is 0.215. The highest BCUT2D eigenvalue weighted by Crippen LogP contribution is 2.25. The zero-order chi connectivity index (χ0) is 17.6. The van der Waals surface area contributed by atoms with E-state index in [1.165, 1.54) is 19.7 Å². The van der Waals surface area contributed by atoms with Crippen molar-refractivity contribution in [1.29, 1.82) is 0 Å². The number of nitrogen functional groups attached to an aromatic ring is 1. The second-order valence-electron chi connectivity index (χ2n) is 5.15. The van der Waals surface area contributed by atoms with Crippen molar-refractivity contribution in [1.82, 2.24) is 9.97 Å². The van der Waals surface area contributed by atoms with E-state index in [1.807, 2.05) is 48.5 Å². The molecule has 2 aromatic carbocycles. The monoisotopic (exact) mass is 353 g/mol. The Morgan fingerprint density at radius 3 is 2.32 bits per heavy atom. The van der Waals surface area contributed by atoms with Crippen LogP contribution in [0.15, 0.2) is 60.0 Å². The lowest BCUT2D eigenvalue weighted by Gasteiger charge is -2.10. The molecule has 3 aromatic rings. The molecule has 0 atom stereocenters. The van der Waals surface area contributed by atoms with E-state index in [2.05, 4.69) is 20.4 Å². The number of rotatable bonds is 5. The summed E-state index contributed by atoms with van der Waals surface area (Å²) in [5.41, 5.74) is 9.49. The van der Waals surface area contributed by atoms with Gasteiger partial charge in [0, 0.05) is 10.7 Å². The van der Waals surface area contributed by atoms with Gasteiger partial charge in [-0.2, -0.15) is 0 Å². The molecule has 126 valence electrons. The van der Waals surface area contributed by atoms with Crippen LogP contribution >= 0.6 is 11.6 Å². The van der Waals surface area contributed by atoms with Crippen molar-refractivity contribution in [3.05, 3.63) is 65.4 Å². The van der Waals surface area contributed by atoms with E-state index >= 15 is 0 Å². The molecular weight excluding hydrogens is 338 g/mol. The largest absolute Gasteiger partial charge is 0.399 e. The van der Waals surface area contributed by atoms with Gasteiger partial charge in [0.15, 0.2) is 0 Å². The van der Waals surface area contributed by atoms with Crippen molar-refractivity contribution in [2.75, 3.05) is 18.2 Å². The second-order valence-corrected chi connectivity index (χ2v) is 5.58. The summed E-state index contributed by atoms with van der Waals surface area (Å²) in [6, 6.07) is 15.6. The Kier molecular flexibility index (Phi) is 5.11. The van der Waals surface area contributed by atoms with E-state index in [-0.39, 0.29) is 0 Å². The van der Waals surface area contributed by atoms with Gasteiger partial charge in [-0.25, -0.2) is 9.97 Å². The summed E-state index contributed by atoms with van der Waals surface area (Å²) in [7, 11) is 1.46. The number of halogens is 1. The Morgan fingerprint density at radius 2 is 1.68 bits per heavy atom. The molecule has 0 saturated carbocycles. The molecule has 1 aromatic heterocycles. The number of anilines is 3. The fourth-order valence-electron chi connectivity index (χ4n) is 2.27. The average Bonchev–Trinajstić information content (AvgIpc) is 2.63. The minimum Gasteiger partial charge on any atom is -0.399 e. The molecule has 3 N–H and O–H groups in total. The zero-order valence-corrected chi connectivity index (χ0v) is 14.2. The lowest BCUT2D eigenvalue weighted by Crippen LogP contribution is -2.05. The average molecular weight is 354 g/mol. The van der Waals surface area contributed by atoms with Crippen molar-refractivity contribution < 1.29 is 4.84 Å². The third kappa shape index (κ3) is 4.05. The topological polar surface area (TPSA) is 85.4 Å². The maximum Gasteiger partial charge on any atom is 0.144 e. The van der Waals surface area contributed by atoms with Crippen LogP contribution in [0, 0.1) is 0 Å². The number of benzene rings is 2. The molecule has 0 amide bonds. The minimum absolute atomic E-state index is 0.316. The maximum absolute atomic E-state index is 5.93. The van der Waals surface area contributed by atoms with E-state index in [0.29, 0.717) is 22.2 Å². The van der Waals surface area contributed by atoms with Crippen LogP contribution in [0.3, 0.4) is 0 Å². The molecule has 0 aliphatic carbocycles. The Labute approximate surface area is 150 Å². The molecule has 6 nitrogen and oxygen atoms in total. The van der Waals surface area contributed by atoms with E-state index in [0.717, 1.165) is 16.8 Å². The molecule has 0 aliphatic rings. The van der Waals surface area contributed by atoms with Crippen molar-refractivity contribution in [2.45, 2.75) is 0 Å². The first-order chi connectivity index (χ1) is 12.2. The van der Waals surface area contributed by atoms with Crippen molar-refractivity contribution >= 4 is 35.1 Å². The predicted molar refractivity (Wildman–Crippen MR) is 101 cm³/mol. The van der Waals surface area contributed by atoms with E-state index in [4.69, 9.17) is 22.2 Å². The fourth-order valence-corrected chi connectivity index (χ4v) is 2.39. The zero-order valence-electron chi connectivity index (χ0n) is 13.5. The molecule has 0 aliphatic heterocycles. The molecule has 7 heteroatoms. The lowest BCUT2D eigenvalue weighted by atomic mass is 10.1. The number of hydrogen-bond donors (Lipinski definition) is 2. The van der Waals surface area contributed by atoms with Crippen LogP contribution in [0.25, 0.3) is 11.1 Å². The molecular formula is C18H16ClN5O. The van der Waals surface area contributed by atoms with Crippen LogP contribution in [-0.4, -0.2) is 23.3 Å². The van der Waals surface area contributed by atoms with Crippen LogP contribution in [-0.2, 0) is 4.84 Å². The maximum atomic E-state index is 5.93. The third-order valence-corrected chi connectivity index (χ3v) is 3.78. The van der Waals surface area contributed by atoms with Crippen LogP contribution in [0.4, 0.5) is 17.3 Å². The number of hydrogen-bond acceptors (Lipinski definition) is 6. The molecule has 0 unspecified atom stereocenters. The van der Waals surface area contributed by atoms with Crippen LogP contribution in [0.5, 0.6) is 0 Å². The Hall–Kier alpha value is -3.12. The van der Waals surface area contributed by atoms with Gasteiger partial charge in [0.05, 0.1) is 11.8 Å². The Bertz CT molecular complexity index is 879.